The Kier molecular flexibility index (Phi) is 5.88. The molecule has 0 spiro atoms. The van der Waals surface area contributed by atoms with Crippen molar-refractivity contribution in [2.24, 2.45) is 5.73 Å². The third-order valence-corrected chi connectivity index (χ3v) is 4.28. The normalized spacial score (nSPS) is 16.5. The molecule has 1 aromatic rings. The summed E-state index contributed by atoms with van der Waals surface area (Å²) in [6.45, 7) is 4.80. The zero-order valence-electron chi connectivity index (χ0n) is 14.4. The predicted molar refractivity (Wildman–Crippen MR) is 90.7 cm³/mol. The second-order valence-corrected chi connectivity index (χ2v) is 6.32. The molecule has 0 aromatic heterocycles. The number of carbonyl (C=O) groups is 1. The number of nitrogens with one attached hydrogen (secondary N) is 1. The number of carbonyl (C=O) groups excluding carboxylic acids is 1. The van der Waals surface area contributed by atoms with Crippen LogP contribution < -0.4 is 20.5 Å². The second kappa shape index (κ2) is 7.68. The van der Waals surface area contributed by atoms with Crippen molar-refractivity contribution < 1.29 is 14.3 Å². The lowest BCUT2D eigenvalue weighted by Gasteiger charge is -2.19. The zero-order chi connectivity index (χ0) is 16.9. The lowest BCUT2D eigenvalue weighted by Crippen LogP contribution is -2.43. The summed E-state index contributed by atoms with van der Waals surface area (Å²) in [5.74, 6) is 1.35. The van der Waals surface area contributed by atoms with E-state index in [0.717, 1.165) is 37.0 Å². The highest BCUT2D eigenvalue weighted by Crippen LogP contribution is 2.34. The van der Waals surface area contributed by atoms with E-state index >= 15 is 0 Å². The smallest absolute Gasteiger partial charge is 0.240 e. The summed E-state index contributed by atoms with van der Waals surface area (Å²) in [4.78, 5) is 12.0. The molecule has 1 saturated carbocycles. The molecule has 1 aromatic carbocycles. The molecule has 3 N–H and O–H groups in total. The molecule has 1 fully saturated rings. The topological polar surface area (TPSA) is 73.6 Å². The van der Waals surface area contributed by atoms with Crippen LogP contribution in [0.3, 0.4) is 0 Å². The number of ether oxygens (including phenoxy) is 2. The summed E-state index contributed by atoms with van der Waals surface area (Å²) in [5, 5.41) is 2.97. The van der Waals surface area contributed by atoms with Crippen molar-refractivity contribution in [1.82, 2.24) is 5.32 Å². The molecular weight excluding hydrogens is 292 g/mol. The molecule has 5 nitrogen and oxygen atoms in total. The van der Waals surface area contributed by atoms with E-state index in [9.17, 15) is 4.79 Å². The average Bonchev–Trinajstić information content (AvgIpc) is 3.30. The molecule has 1 aliphatic carbocycles. The van der Waals surface area contributed by atoms with Gasteiger partial charge in [0.25, 0.3) is 0 Å². The molecule has 0 radical (unpaired) electrons. The van der Waals surface area contributed by atoms with Gasteiger partial charge in [-0.25, -0.2) is 0 Å². The number of hydrogen-bond donors (Lipinski definition) is 2. The molecule has 0 bridgehead atoms. The summed E-state index contributed by atoms with van der Waals surface area (Å²) in [5.41, 5.74) is 6.24. The number of benzene rings is 1. The molecule has 2 rings (SSSR count). The number of methoxy groups -OCH3 is 1. The van der Waals surface area contributed by atoms with Crippen LogP contribution in [0.15, 0.2) is 18.2 Å². The lowest BCUT2D eigenvalue weighted by molar-refractivity contribution is -0.123. The van der Waals surface area contributed by atoms with E-state index in [4.69, 9.17) is 15.2 Å². The van der Waals surface area contributed by atoms with Gasteiger partial charge in [-0.3, -0.25) is 4.79 Å². The number of rotatable bonds is 9. The van der Waals surface area contributed by atoms with Crippen LogP contribution >= 0.6 is 0 Å². The fraction of sp³-hybridized carbons (Fsp3) is 0.611. The maximum absolute atomic E-state index is 12.0. The van der Waals surface area contributed by atoms with Crippen LogP contribution in [0.4, 0.5) is 0 Å². The van der Waals surface area contributed by atoms with E-state index < -0.39 is 5.54 Å². The highest BCUT2D eigenvalue weighted by atomic mass is 16.5. The maximum atomic E-state index is 12.0. The van der Waals surface area contributed by atoms with Crippen molar-refractivity contribution in [2.75, 3.05) is 13.7 Å². The van der Waals surface area contributed by atoms with Gasteiger partial charge in [-0.1, -0.05) is 25.8 Å². The number of nitrogens with two attached hydrogens (primary N) is 1. The van der Waals surface area contributed by atoms with E-state index in [-0.39, 0.29) is 11.9 Å². The third-order valence-electron chi connectivity index (χ3n) is 4.28. The van der Waals surface area contributed by atoms with Gasteiger partial charge >= 0.3 is 0 Å². The Morgan fingerprint density at radius 1 is 1.35 bits per heavy atom. The first kappa shape index (κ1) is 17.6. The van der Waals surface area contributed by atoms with Gasteiger partial charge < -0.3 is 20.5 Å². The van der Waals surface area contributed by atoms with Crippen molar-refractivity contribution in [2.45, 2.75) is 57.5 Å². The molecular formula is C18H28N2O3. The molecule has 0 heterocycles. The molecule has 5 heteroatoms. The maximum Gasteiger partial charge on any atom is 0.240 e. The summed E-state index contributed by atoms with van der Waals surface area (Å²) < 4.78 is 11.2. The molecule has 0 saturated heterocycles. The predicted octanol–water partition coefficient (Wildman–Crippen LogP) is 2.93. The Bertz CT molecular complexity index is 541. The molecule has 1 atom stereocenters. The van der Waals surface area contributed by atoms with Crippen molar-refractivity contribution in [3.8, 4) is 11.5 Å². The average molecular weight is 320 g/mol. The quantitative estimate of drug-likeness (QED) is 0.686. The minimum absolute atomic E-state index is 0.0798. The minimum Gasteiger partial charge on any atom is -0.493 e. The lowest BCUT2D eigenvalue weighted by atomic mass is 10.1. The standard InChI is InChI=1S/C18H28N2O3/c1-4-5-6-11-23-15-8-7-14(12-16(15)22-3)13(2)20-17(21)18(19)9-10-18/h7-8,12-13H,4-6,9-11,19H2,1-3H3,(H,20,21). The van der Waals surface area contributed by atoms with Gasteiger partial charge in [0.2, 0.25) is 5.91 Å². The Morgan fingerprint density at radius 2 is 2.09 bits per heavy atom. The van der Waals surface area contributed by atoms with Gasteiger partial charge in [-0.05, 0) is 43.9 Å². The summed E-state index contributed by atoms with van der Waals surface area (Å²) in [7, 11) is 1.63. The highest BCUT2D eigenvalue weighted by molar-refractivity contribution is 5.89. The van der Waals surface area contributed by atoms with E-state index in [0.29, 0.717) is 12.4 Å². The number of unbranched alkanes of at least 4 members (excludes halogenated alkanes) is 2. The highest BCUT2D eigenvalue weighted by Gasteiger charge is 2.46. The van der Waals surface area contributed by atoms with Gasteiger partial charge in [0.15, 0.2) is 11.5 Å². The van der Waals surface area contributed by atoms with Crippen LogP contribution in [-0.2, 0) is 4.79 Å². The van der Waals surface area contributed by atoms with Gasteiger partial charge in [0, 0.05) is 0 Å². The number of amides is 1. The van der Waals surface area contributed by atoms with E-state index in [2.05, 4.69) is 12.2 Å². The van der Waals surface area contributed by atoms with Crippen molar-refractivity contribution in [1.29, 1.82) is 0 Å². The molecule has 1 amide bonds. The summed E-state index contributed by atoms with van der Waals surface area (Å²) >= 11 is 0. The van der Waals surface area contributed by atoms with Gasteiger partial charge in [0.1, 0.15) is 0 Å². The Labute approximate surface area is 138 Å². The van der Waals surface area contributed by atoms with Crippen LogP contribution in [-0.4, -0.2) is 25.2 Å². The fourth-order valence-corrected chi connectivity index (χ4v) is 2.39. The fourth-order valence-electron chi connectivity index (χ4n) is 2.39. The molecule has 0 aliphatic heterocycles. The molecule has 1 aliphatic rings. The first-order valence-electron chi connectivity index (χ1n) is 8.40. The number of hydrogen-bond acceptors (Lipinski definition) is 4. The Balaban J connectivity index is 1.98. The van der Waals surface area contributed by atoms with Crippen molar-refractivity contribution >= 4 is 5.91 Å². The first-order chi connectivity index (χ1) is 11.0. The van der Waals surface area contributed by atoms with Gasteiger partial charge in [-0.2, -0.15) is 0 Å². The Morgan fingerprint density at radius 3 is 2.70 bits per heavy atom. The van der Waals surface area contributed by atoms with Crippen LogP contribution in [0.1, 0.15) is 57.6 Å². The minimum atomic E-state index is -0.652. The molecule has 128 valence electrons. The van der Waals surface area contributed by atoms with E-state index in [1.807, 2.05) is 25.1 Å². The van der Waals surface area contributed by atoms with Crippen LogP contribution in [0.25, 0.3) is 0 Å². The van der Waals surface area contributed by atoms with Crippen LogP contribution in [0.2, 0.25) is 0 Å². The Hall–Kier alpha value is -1.75. The second-order valence-electron chi connectivity index (χ2n) is 6.32. The van der Waals surface area contributed by atoms with Crippen molar-refractivity contribution in [3.63, 3.8) is 0 Å². The van der Waals surface area contributed by atoms with Crippen molar-refractivity contribution in [3.05, 3.63) is 23.8 Å². The summed E-state index contributed by atoms with van der Waals surface area (Å²) in [6, 6.07) is 5.65. The van der Waals surface area contributed by atoms with Crippen LogP contribution in [0.5, 0.6) is 11.5 Å². The SMILES string of the molecule is CCCCCOc1ccc(C(C)NC(=O)C2(N)CC2)cc1OC. The first-order valence-corrected chi connectivity index (χ1v) is 8.40. The van der Waals surface area contributed by atoms with Gasteiger partial charge in [-0.15, -0.1) is 0 Å². The zero-order valence-corrected chi connectivity index (χ0v) is 14.4. The van der Waals surface area contributed by atoms with Gasteiger partial charge in [0.05, 0.1) is 25.3 Å². The largest absolute Gasteiger partial charge is 0.493 e. The van der Waals surface area contributed by atoms with E-state index in [1.54, 1.807) is 7.11 Å². The molecule has 23 heavy (non-hydrogen) atoms. The van der Waals surface area contributed by atoms with Crippen LogP contribution in [0, 0.1) is 0 Å². The summed E-state index contributed by atoms with van der Waals surface area (Å²) in [6.07, 6.45) is 4.88. The monoisotopic (exact) mass is 320 g/mol. The third kappa shape index (κ3) is 4.61. The van der Waals surface area contributed by atoms with E-state index in [1.165, 1.54) is 6.42 Å². The molecule has 1 unspecified atom stereocenters.